The van der Waals surface area contributed by atoms with E-state index in [1.807, 2.05) is 0 Å². The molecule has 0 radical (unpaired) electrons. The SMILES string of the molecule is CCNC(=NCc1ccc(COC2CCOCC2)cc1)NCCc1cccs1. The van der Waals surface area contributed by atoms with Gasteiger partial charge in [-0.25, -0.2) is 4.99 Å². The van der Waals surface area contributed by atoms with E-state index in [2.05, 4.69) is 59.3 Å². The third-order valence-electron chi connectivity index (χ3n) is 4.68. The first-order valence-corrected chi connectivity index (χ1v) is 11.0. The maximum Gasteiger partial charge on any atom is 0.191 e. The van der Waals surface area contributed by atoms with Crippen LogP contribution < -0.4 is 10.6 Å². The fraction of sp³-hybridized carbons (Fsp3) is 0.500. The minimum atomic E-state index is 0.334. The highest BCUT2D eigenvalue weighted by Crippen LogP contribution is 2.14. The highest BCUT2D eigenvalue weighted by molar-refractivity contribution is 7.09. The molecule has 0 spiro atoms. The number of rotatable bonds is 9. The molecule has 1 aliphatic rings. The Kier molecular flexibility index (Phi) is 8.81. The summed E-state index contributed by atoms with van der Waals surface area (Å²) >= 11 is 1.80. The lowest BCUT2D eigenvalue weighted by atomic mass is 10.1. The number of hydrogen-bond acceptors (Lipinski definition) is 4. The lowest BCUT2D eigenvalue weighted by Gasteiger charge is -2.22. The Balaban J connectivity index is 1.43. The molecule has 152 valence electrons. The van der Waals surface area contributed by atoms with E-state index in [1.165, 1.54) is 16.0 Å². The van der Waals surface area contributed by atoms with Crippen molar-refractivity contribution in [2.75, 3.05) is 26.3 Å². The molecule has 0 unspecified atom stereocenters. The summed E-state index contributed by atoms with van der Waals surface area (Å²) in [5.74, 6) is 0.867. The van der Waals surface area contributed by atoms with Gasteiger partial charge in [0.2, 0.25) is 0 Å². The van der Waals surface area contributed by atoms with Crippen molar-refractivity contribution in [1.82, 2.24) is 10.6 Å². The van der Waals surface area contributed by atoms with E-state index in [4.69, 9.17) is 14.5 Å². The van der Waals surface area contributed by atoms with Crippen LogP contribution >= 0.6 is 11.3 Å². The molecule has 0 bridgehead atoms. The predicted molar refractivity (Wildman–Crippen MR) is 116 cm³/mol. The van der Waals surface area contributed by atoms with Crippen molar-refractivity contribution in [2.45, 2.75) is 45.4 Å². The molecule has 1 fully saturated rings. The summed E-state index contributed by atoms with van der Waals surface area (Å²) in [5, 5.41) is 8.84. The second-order valence-electron chi connectivity index (χ2n) is 6.89. The number of benzene rings is 1. The van der Waals surface area contributed by atoms with Crippen molar-refractivity contribution in [3.63, 3.8) is 0 Å². The van der Waals surface area contributed by atoms with Gasteiger partial charge in [0.1, 0.15) is 0 Å². The van der Waals surface area contributed by atoms with Crippen molar-refractivity contribution >= 4 is 17.3 Å². The average Bonchev–Trinajstić information content (AvgIpc) is 3.25. The van der Waals surface area contributed by atoms with Gasteiger partial charge < -0.3 is 20.1 Å². The van der Waals surface area contributed by atoms with Gasteiger partial charge in [-0.15, -0.1) is 11.3 Å². The van der Waals surface area contributed by atoms with Crippen molar-refractivity contribution in [2.24, 2.45) is 4.99 Å². The first-order valence-electron chi connectivity index (χ1n) is 10.1. The molecule has 1 aliphatic heterocycles. The molecule has 3 rings (SSSR count). The number of nitrogens with zero attached hydrogens (tertiary/aromatic N) is 1. The first-order chi connectivity index (χ1) is 13.8. The van der Waals surface area contributed by atoms with E-state index in [1.54, 1.807) is 11.3 Å². The third-order valence-corrected chi connectivity index (χ3v) is 5.62. The topological polar surface area (TPSA) is 54.9 Å². The summed E-state index contributed by atoms with van der Waals surface area (Å²) in [6.45, 7) is 6.79. The summed E-state index contributed by atoms with van der Waals surface area (Å²) in [4.78, 5) is 6.09. The Morgan fingerprint density at radius 1 is 1.14 bits per heavy atom. The summed E-state index contributed by atoms with van der Waals surface area (Å²) in [6, 6.07) is 12.8. The van der Waals surface area contributed by atoms with Crippen LogP contribution in [0.25, 0.3) is 0 Å². The van der Waals surface area contributed by atoms with E-state index in [0.717, 1.165) is 51.5 Å². The molecule has 0 amide bonds. The summed E-state index contributed by atoms with van der Waals surface area (Å²) in [7, 11) is 0. The van der Waals surface area contributed by atoms with Gasteiger partial charge in [0.25, 0.3) is 0 Å². The summed E-state index contributed by atoms with van der Waals surface area (Å²) in [6.07, 6.45) is 3.35. The molecule has 28 heavy (non-hydrogen) atoms. The van der Waals surface area contributed by atoms with Crippen LogP contribution in [-0.4, -0.2) is 38.4 Å². The Bertz CT molecular complexity index is 695. The van der Waals surface area contributed by atoms with Crippen LogP contribution in [0.15, 0.2) is 46.8 Å². The van der Waals surface area contributed by atoms with Crippen LogP contribution in [0.4, 0.5) is 0 Å². The highest BCUT2D eigenvalue weighted by Gasteiger charge is 2.13. The van der Waals surface area contributed by atoms with Gasteiger partial charge in [0, 0.05) is 31.2 Å². The molecule has 5 nitrogen and oxygen atoms in total. The molecule has 1 aromatic carbocycles. The zero-order valence-electron chi connectivity index (χ0n) is 16.7. The number of ether oxygens (including phenoxy) is 2. The summed E-state index contributed by atoms with van der Waals surface area (Å²) < 4.78 is 11.4. The van der Waals surface area contributed by atoms with Gasteiger partial charge in [0.05, 0.1) is 19.3 Å². The third kappa shape index (κ3) is 7.26. The van der Waals surface area contributed by atoms with Gasteiger partial charge in [-0.3, -0.25) is 0 Å². The van der Waals surface area contributed by atoms with Crippen molar-refractivity contribution in [1.29, 1.82) is 0 Å². The zero-order chi connectivity index (χ0) is 19.4. The average molecular weight is 402 g/mol. The second kappa shape index (κ2) is 11.8. The molecule has 0 saturated carbocycles. The smallest absolute Gasteiger partial charge is 0.191 e. The fourth-order valence-corrected chi connectivity index (χ4v) is 3.78. The van der Waals surface area contributed by atoms with Crippen LogP contribution in [0, 0.1) is 0 Å². The molecule has 0 atom stereocenters. The molecule has 6 heteroatoms. The maximum atomic E-state index is 5.99. The quantitative estimate of drug-likeness (QED) is 0.496. The second-order valence-corrected chi connectivity index (χ2v) is 7.92. The molecular formula is C22H31N3O2S. The van der Waals surface area contributed by atoms with Crippen LogP contribution in [-0.2, 0) is 29.0 Å². The molecule has 2 N–H and O–H groups in total. The molecular weight excluding hydrogens is 370 g/mol. The predicted octanol–water partition coefficient (Wildman–Crippen LogP) is 3.74. The standard InChI is InChI=1S/C22H31N3O2S/c1-2-23-22(24-12-9-21-4-3-15-28-21)25-16-18-5-7-19(8-6-18)17-27-20-10-13-26-14-11-20/h3-8,15,20H,2,9-14,16-17H2,1H3,(H2,23,24,25). The number of thiophene rings is 1. The number of nitrogens with one attached hydrogen (secondary N) is 2. The van der Waals surface area contributed by atoms with Gasteiger partial charge in [0.15, 0.2) is 5.96 Å². The largest absolute Gasteiger partial charge is 0.381 e. The molecule has 2 heterocycles. The van der Waals surface area contributed by atoms with E-state index in [-0.39, 0.29) is 0 Å². The Morgan fingerprint density at radius 2 is 1.93 bits per heavy atom. The van der Waals surface area contributed by atoms with E-state index in [9.17, 15) is 0 Å². The van der Waals surface area contributed by atoms with Gasteiger partial charge in [-0.1, -0.05) is 30.3 Å². The maximum absolute atomic E-state index is 5.99. The number of aliphatic imine (C=N–C) groups is 1. The van der Waals surface area contributed by atoms with Crippen molar-refractivity contribution < 1.29 is 9.47 Å². The number of guanidine groups is 1. The van der Waals surface area contributed by atoms with Gasteiger partial charge in [-0.05, 0) is 48.8 Å². The lowest BCUT2D eigenvalue weighted by molar-refractivity contribution is -0.0390. The number of hydrogen-bond donors (Lipinski definition) is 2. The Morgan fingerprint density at radius 3 is 2.64 bits per heavy atom. The van der Waals surface area contributed by atoms with E-state index in [0.29, 0.717) is 19.3 Å². The normalized spacial score (nSPS) is 15.5. The highest BCUT2D eigenvalue weighted by atomic mass is 32.1. The zero-order valence-corrected chi connectivity index (χ0v) is 17.5. The van der Waals surface area contributed by atoms with Crippen molar-refractivity contribution in [3.8, 4) is 0 Å². The van der Waals surface area contributed by atoms with Crippen LogP contribution in [0.1, 0.15) is 35.8 Å². The van der Waals surface area contributed by atoms with E-state index >= 15 is 0 Å². The molecule has 1 aromatic heterocycles. The monoisotopic (exact) mass is 401 g/mol. The van der Waals surface area contributed by atoms with Crippen LogP contribution in [0.3, 0.4) is 0 Å². The fourth-order valence-electron chi connectivity index (χ4n) is 3.07. The molecule has 0 aliphatic carbocycles. The molecule has 1 saturated heterocycles. The summed E-state index contributed by atoms with van der Waals surface area (Å²) in [5.41, 5.74) is 2.41. The van der Waals surface area contributed by atoms with Gasteiger partial charge in [-0.2, -0.15) is 0 Å². The Labute approximate surface area is 172 Å². The Hall–Kier alpha value is -1.89. The van der Waals surface area contributed by atoms with Crippen molar-refractivity contribution in [3.05, 3.63) is 57.8 Å². The van der Waals surface area contributed by atoms with Gasteiger partial charge >= 0.3 is 0 Å². The van der Waals surface area contributed by atoms with E-state index < -0.39 is 0 Å². The van der Waals surface area contributed by atoms with Crippen LogP contribution in [0.5, 0.6) is 0 Å². The van der Waals surface area contributed by atoms with Crippen LogP contribution in [0.2, 0.25) is 0 Å². The minimum Gasteiger partial charge on any atom is -0.381 e. The first kappa shape index (κ1) is 20.8. The minimum absolute atomic E-state index is 0.334. The molecule has 2 aromatic rings. The lowest BCUT2D eigenvalue weighted by Crippen LogP contribution is -2.38.